The predicted octanol–water partition coefficient (Wildman–Crippen LogP) is 0.549. The molecule has 0 aromatic rings. The maximum Gasteiger partial charge on any atom is 0.710 e. The Hall–Kier alpha value is -0.475. The summed E-state index contributed by atoms with van der Waals surface area (Å²) in [5.41, 5.74) is 0. The van der Waals surface area contributed by atoms with Gasteiger partial charge in [0.1, 0.15) is 0 Å². The predicted molar refractivity (Wildman–Crippen MR) is 35.5 cm³/mol. The SMILES string of the molecule is C=COB(O)OC(C)C. The van der Waals surface area contributed by atoms with E-state index in [1.165, 1.54) is 0 Å². The molecule has 0 aromatic carbocycles. The van der Waals surface area contributed by atoms with Crippen LogP contribution in [0.1, 0.15) is 13.8 Å². The molecule has 0 fully saturated rings. The summed E-state index contributed by atoms with van der Waals surface area (Å²) in [5.74, 6) is 0. The molecule has 9 heavy (non-hydrogen) atoms. The zero-order valence-electron chi connectivity index (χ0n) is 5.70. The van der Waals surface area contributed by atoms with E-state index in [0.29, 0.717) is 0 Å². The van der Waals surface area contributed by atoms with Gasteiger partial charge in [-0.2, -0.15) is 0 Å². The quantitative estimate of drug-likeness (QED) is 0.446. The van der Waals surface area contributed by atoms with Gasteiger partial charge in [-0.3, -0.25) is 0 Å². The van der Waals surface area contributed by atoms with Crippen molar-refractivity contribution in [3.8, 4) is 0 Å². The third-order valence-electron chi connectivity index (χ3n) is 0.601. The minimum absolute atomic E-state index is 0.0417. The third kappa shape index (κ3) is 5.40. The van der Waals surface area contributed by atoms with Crippen LogP contribution in [0.3, 0.4) is 0 Å². The molecule has 52 valence electrons. The summed E-state index contributed by atoms with van der Waals surface area (Å²) in [4.78, 5) is 0. The van der Waals surface area contributed by atoms with Crippen molar-refractivity contribution in [2.75, 3.05) is 0 Å². The fourth-order valence-electron chi connectivity index (χ4n) is 0.347. The lowest BCUT2D eigenvalue weighted by molar-refractivity contribution is 0.135. The van der Waals surface area contributed by atoms with Crippen molar-refractivity contribution in [3.63, 3.8) is 0 Å². The van der Waals surface area contributed by atoms with Crippen molar-refractivity contribution in [3.05, 3.63) is 12.8 Å². The average molecular weight is 130 g/mol. The molecule has 0 saturated heterocycles. The van der Waals surface area contributed by atoms with Crippen LogP contribution in [-0.2, 0) is 9.31 Å². The minimum atomic E-state index is -1.18. The van der Waals surface area contributed by atoms with Crippen LogP contribution in [-0.4, -0.2) is 18.4 Å². The van der Waals surface area contributed by atoms with Crippen LogP contribution >= 0.6 is 0 Å². The second-order valence-corrected chi connectivity index (χ2v) is 1.79. The lowest BCUT2D eigenvalue weighted by Gasteiger charge is -2.07. The van der Waals surface area contributed by atoms with Gasteiger partial charge in [-0.05, 0) is 13.8 Å². The van der Waals surface area contributed by atoms with Gasteiger partial charge in [-0.15, -0.1) is 0 Å². The Labute approximate surface area is 55.5 Å². The van der Waals surface area contributed by atoms with Gasteiger partial charge in [-0.1, -0.05) is 6.58 Å². The van der Waals surface area contributed by atoms with E-state index in [-0.39, 0.29) is 6.10 Å². The molecule has 0 unspecified atom stereocenters. The molecule has 0 aliphatic rings. The monoisotopic (exact) mass is 130 g/mol. The molecule has 0 bridgehead atoms. The van der Waals surface area contributed by atoms with E-state index in [1.54, 1.807) is 13.8 Å². The van der Waals surface area contributed by atoms with Gasteiger partial charge >= 0.3 is 7.32 Å². The van der Waals surface area contributed by atoms with Gasteiger partial charge < -0.3 is 14.3 Å². The van der Waals surface area contributed by atoms with Crippen molar-refractivity contribution in [1.82, 2.24) is 0 Å². The van der Waals surface area contributed by atoms with Crippen LogP contribution in [0.25, 0.3) is 0 Å². The van der Waals surface area contributed by atoms with Crippen molar-refractivity contribution in [1.29, 1.82) is 0 Å². The van der Waals surface area contributed by atoms with Gasteiger partial charge in [-0.25, -0.2) is 0 Å². The van der Waals surface area contributed by atoms with E-state index in [9.17, 15) is 0 Å². The van der Waals surface area contributed by atoms with Gasteiger partial charge in [0.2, 0.25) is 0 Å². The molecule has 3 nitrogen and oxygen atoms in total. The topological polar surface area (TPSA) is 38.7 Å². The molecule has 0 rings (SSSR count). The van der Waals surface area contributed by atoms with Crippen LogP contribution in [0.4, 0.5) is 0 Å². The van der Waals surface area contributed by atoms with Gasteiger partial charge in [0, 0.05) is 6.10 Å². The van der Waals surface area contributed by atoms with E-state index >= 15 is 0 Å². The molecule has 0 spiro atoms. The highest BCUT2D eigenvalue weighted by Gasteiger charge is 2.16. The fourth-order valence-corrected chi connectivity index (χ4v) is 0.347. The van der Waals surface area contributed by atoms with E-state index in [4.69, 9.17) is 9.68 Å². The lowest BCUT2D eigenvalue weighted by Crippen LogP contribution is -2.23. The molecule has 0 aliphatic heterocycles. The van der Waals surface area contributed by atoms with E-state index < -0.39 is 7.32 Å². The first kappa shape index (κ1) is 8.52. The van der Waals surface area contributed by atoms with Crippen LogP contribution in [0, 0.1) is 0 Å². The second-order valence-electron chi connectivity index (χ2n) is 1.79. The van der Waals surface area contributed by atoms with Crippen molar-refractivity contribution < 1.29 is 14.3 Å². The molecule has 0 amide bonds. The standard InChI is InChI=1S/C5H11BO3/c1-4-8-6(7)9-5(2)3/h4-5,7H,1H2,2-3H3. The van der Waals surface area contributed by atoms with Crippen molar-refractivity contribution >= 4 is 7.32 Å². The zero-order chi connectivity index (χ0) is 7.28. The smallest absolute Gasteiger partial charge is 0.519 e. The molecular formula is C5H11BO3. The normalized spacial score (nSPS) is 9.33. The highest BCUT2D eigenvalue weighted by molar-refractivity contribution is 6.34. The fraction of sp³-hybridized carbons (Fsp3) is 0.600. The number of hydrogen-bond acceptors (Lipinski definition) is 3. The molecular weight excluding hydrogens is 119 g/mol. The Morgan fingerprint density at radius 2 is 2.22 bits per heavy atom. The summed E-state index contributed by atoms with van der Waals surface area (Å²) in [5, 5.41) is 8.70. The summed E-state index contributed by atoms with van der Waals surface area (Å²) in [6.07, 6.45) is 1.09. The first-order valence-corrected chi connectivity index (χ1v) is 2.76. The van der Waals surface area contributed by atoms with Crippen LogP contribution in [0.5, 0.6) is 0 Å². The summed E-state index contributed by atoms with van der Waals surface area (Å²) in [6.45, 7) is 6.85. The lowest BCUT2D eigenvalue weighted by atomic mass is 10.2. The first-order chi connectivity index (χ1) is 4.16. The van der Waals surface area contributed by atoms with Crippen molar-refractivity contribution in [2.24, 2.45) is 0 Å². The van der Waals surface area contributed by atoms with Crippen LogP contribution in [0.15, 0.2) is 12.8 Å². The Bertz CT molecular complexity index is 84.3. The van der Waals surface area contributed by atoms with E-state index in [2.05, 4.69) is 11.2 Å². The highest BCUT2D eigenvalue weighted by atomic mass is 16.7. The Morgan fingerprint density at radius 1 is 1.67 bits per heavy atom. The minimum Gasteiger partial charge on any atom is -0.519 e. The number of hydrogen-bond donors (Lipinski definition) is 1. The molecule has 1 N–H and O–H groups in total. The zero-order valence-corrected chi connectivity index (χ0v) is 5.70. The molecule has 4 heteroatoms. The van der Waals surface area contributed by atoms with E-state index in [1.807, 2.05) is 0 Å². The Morgan fingerprint density at radius 3 is 2.56 bits per heavy atom. The average Bonchev–Trinajstić information content (AvgIpc) is 1.63. The maximum atomic E-state index is 8.70. The molecule has 0 aromatic heterocycles. The first-order valence-electron chi connectivity index (χ1n) is 2.76. The largest absolute Gasteiger partial charge is 0.710 e. The van der Waals surface area contributed by atoms with Gasteiger partial charge in [0.25, 0.3) is 0 Å². The highest BCUT2D eigenvalue weighted by Crippen LogP contribution is 1.91. The van der Waals surface area contributed by atoms with Crippen molar-refractivity contribution in [2.45, 2.75) is 20.0 Å². The molecule has 0 heterocycles. The molecule has 0 atom stereocenters. The van der Waals surface area contributed by atoms with Crippen LogP contribution < -0.4 is 0 Å². The summed E-state index contributed by atoms with van der Waals surface area (Å²) in [6, 6.07) is 0. The summed E-state index contributed by atoms with van der Waals surface area (Å²) < 4.78 is 9.20. The van der Waals surface area contributed by atoms with Gasteiger partial charge in [0.05, 0.1) is 6.26 Å². The summed E-state index contributed by atoms with van der Waals surface area (Å²) >= 11 is 0. The third-order valence-corrected chi connectivity index (χ3v) is 0.601. The Kier molecular flexibility index (Phi) is 4.18. The summed E-state index contributed by atoms with van der Waals surface area (Å²) in [7, 11) is -1.18. The molecule has 0 radical (unpaired) electrons. The molecule has 0 saturated carbocycles. The van der Waals surface area contributed by atoms with Gasteiger partial charge in [0.15, 0.2) is 0 Å². The number of rotatable bonds is 4. The maximum absolute atomic E-state index is 8.70. The second kappa shape index (κ2) is 4.41. The Balaban J connectivity index is 3.25. The molecule has 0 aliphatic carbocycles. The van der Waals surface area contributed by atoms with Crippen LogP contribution in [0.2, 0.25) is 0 Å². The van der Waals surface area contributed by atoms with E-state index in [0.717, 1.165) is 6.26 Å².